The number of nitrogens with zero attached hydrogens (tertiary/aromatic N) is 1. The molecule has 0 unspecified atom stereocenters. The van der Waals surface area contributed by atoms with E-state index in [2.05, 4.69) is 10.3 Å². The Bertz CT molecular complexity index is 636. The largest absolute Gasteiger partial charge is 0.487 e. The van der Waals surface area contributed by atoms with Gasteiger partial charge in [0, 0.05) is 18.1 Å². The first-order valence-electron chi connectivity index (χ1n) is 6.80. The second-order valence-corrected chi connectivity index (χ2v) is 4.97. The molecule has 5 nitrogen and oxygen atoms in total. The Balaban J connectivity index is 2.04. The molecule has 0 bridgehead atoms. The molecule has 1 aliphatic heterocycles. The van der Waals surface area contributed by atoms with Gasteiger partial charge in [-0.05, 0) is 31.5 Å². The van der Waals surface area contributed by atoms with E-state index in [4.69, 9.17) is 10.5 Å². The van der Waals surface area contributed by atoms with Gasteiger partial charge in [-0.3, -0.25) is 9.78 Å². The van der Waals surface area contributed by atoms with Gasteiger partial charge in [0.05, 0.1) is 5.52 Å². The van der Waals surface area contributed by atoms with E-state index in [0.717, 1.165) is 36.8 Å². The Hall–Kier alpha value is -2.14. The van der Waals surface area contributed by atoms with Crippen LogP contribution in [-0.4, -0.2) is 30.1 Å². The Kier molecular flexibility index (Phi) is 3.52. The number of carbonyl (C=O) groups is 1. The molecule has 20 heavy (non-hydrogen) atoms. The van der Waals surface area contributed by atoms with Crippen LogP contribution in [0.2, 0.25) is 0 Å². The standard InChI is InChI=1S/C15H17N3O2/c16-15(19)12-9-18-13-6-2-1-5-11(13)14(12)20-10-4-3-7-17-8-10/h1-2,5-6,9-10,17H,3-4,7-8H2,(H2,16,19)/t10-/m0/s1. The highest BCUT2D eigenvalue weighted by molar-refractivity contribution is 6.01. The predicted molar refractivity (Wildman–Crippen MR) is 76.8 cm³/mol. The van der Waals surface area contributed by atoms with Gasteiger partial charge in [0.2, 0.25) is 0 Å². The number of ether oxygens (including phenoxy) is 1. The molecule has 0 aliphatic carbocycles. The minimum atomic E-state index is -0.512. The molecule has 104 valence electrons. The first-order chi connectivity index (χ1) is 9.75. The SMILES string of the molecule is NC(=O)c1cnc2ccccc2c1O[C@H]1CCCNC1. The fraction of sp³-hybridized carbons (Fsp3) is 0.333. The fourth-order valence-corrected chi connectivity index (χ4v) is 2.51. The Morgan fingerprint density at radius 3 is 3.00 bits per heavy atom. The maximum absolute atomic E-state index is 11.6. The van der Waals surface area contributed by atoms with Gasteiger partial charge in [0.1, 0.15) is 17.4 Å². The average Bonchev–Trinajstić information content (AvgIpc) is 2.48. The van der Waals surface area contributed by atoms with Crippen molar-refractivity contribution in [3.63, 3.8) is 0 Å². The van der Waals surface area contributed by atoms with Crippen molar-refractivity contribution >= 4 is 16.8 Å². The van der Waals surface area contributed by atoms with Crippen molar-refractivity contribution in [3.8, 4) is 5.75 Å². The van der Waals surface area contributed by atoms with Gasteiger partial charge in [-0.2, -0.15) is 0 Å². The van der Waals surface area contributed by atoms with Crippen molar-refractivity contribution in [1.82, 2.24) is 10.3 Å². The van der Waals surface area contributed by atoms with Crippen LogP contribution >= 0.6 is 0 Å². The quantitative estimate of drug-likeness (QED) is 0.886. The highest BCUT2D eigenvalue weighted by Crippen LogP contribution is 2.29. The number of nitrogens with one attached hydrogen (secondary N) is 1. The summed E-state index contributed by atoms with van der Waals surface area (Å²) in [5.41, 5.74) is 6.58. The number of nitrogens with two attached hydrogens (primary N) is 1. The van der Waals surface area contributed by atoms with E-state index in [1.807, 2.05) is 24.3 Å². The van der Waals surface area contributed by atoms with Crippen molar-refractivity contribution in [2.75, 3.05) is 13.1 Å². The van der Waals surface area contributed by atoms with Crippen LogP contribution in [-0.2, 0) is 0 Å². The number of pyridine rings is 1. The number of para-hydroxylation sites is 1. The summed E-state index contributed by atoms with van der Waals surface area (Å²) >= 11 is 0. The summed E-state index contributed by atoms with van der Waals surface area (Å²) in [5, 5.41) is 4.12. The molecule has 1 atom stereocenters. The van der Waals surface area contributed by atoms with E-state index in [1.165, 1.54) is 6.20 Å². The minimum Gasteiger partial charge on any atom is -0.487 e. The summed E-state index contributed by atoms with van der Waals surface area (Å²) in [6.45, 7) is 1.80. The van der Waals surface area contributed by atoms with Gasteiger partial charge in [-0.25, -0.2) is 0 Å². The molecular formula is C15H17N3O2. The van der Waals surface area contributed by atoms with E-state index in [-0.39, 0.29) is 6.10 Å². The molecule has 0 spiro atoms. The smallest absolute Gasteiger partial charge is 0.254 e. The van der Waals surface area contributed by atoms with Crippen LogP contribution in [0.3, 0.4) is 0 Å². The minimum absolute atomic E-state index is 0.0626. The number of carbonyl (C=O) groups excluding carboxylic acids is 1. The monoisotopic (exact) mass is 271 g/mol. The van der Waals surface area contributed by atoms with Crippen molar-refractivity contribution in [3.05, 3.63) is 36.0 Å². The van der Waals surface area contributed by atoms with E-state index >= 15 is 0 Å². The molecule has 5 heteroatoms. The van der Waals surface area contributed by atoms with Gasteiger partial charge >= 0.3 is 0 Å². The van der Waals surface area contributed by atoms with Crippen LogP contribution in [0.5, 0.6) is 5.75 Å². The maximum Gasteiger partial charge on any atom is 0.254 e. The van der Waals surface area contributed by atoms with Crippen molar-refractivity contribution in [1.29, 1.82) is 0 Å². The van der Waals surface area contributed by atoms with Crippen LogP contribution in [0.4, 0.5) is 0 Å². The number of hydrogen-bond acceptors (Lipinski definition) is 4. The Morgan fingerprint density at radius 2 is 2.25 bits per heavy atom. The zero-order valence-electron chi connectivity index (χ0n) is 11.1. The summed E-state index contributed by atoms with van der Waals surface area (Å²) in [4.78, 5) is 15.9. The molecule has 0 saturated carbocycles. The van der Waals surface area contributed by atoms with Crippen LogP contribution in [0, 0.1) is 0 Å². The lowest BCUT2D eigenvalue weighted by Crippen LogP contribution is -2.37. The summed E-state index contributed by atoms with van der Waals surface area (Å²) in [7, 11) is 0. The van der Waals surface area contributed by atoms with Crippen molar-refractivity contribution < 1.29 is 9.53 Å². The van der Waals surface area contributed by atoms with Crippen molar-refractivity contribution in [2.24, 2.45) is 5.73 Å². The van der Waals surface area contributed by atoms with Crippen LogP contribution in [0.15, 0.2) is 30.5 Å². The second kappa shape index (κ2) is 5.46. The molecule has 1 amide bonds. The first-order valence-corrected chi connectivity index (χ1v) is 6.80. The topological polar surface area (TPSA) is 77.2 Å². The van der Waals surface area contributed by atoms with Crippen LogP contribution < -0.4 is 15.8 Å². The number of hydrogen-bond donors (Lipinski definition) is 2. The van der Waals surface area contributed by atoms with E-state index in [0.29, 0.717) is 11.3 Å². The summed E-state index contributed by atoms with van der Waals surface area (Å²) in [6, 6.07) is 7.61. The van der Waals surface area contributed by atoms with Crippen molar-refractivity contribution in [2.45, 2.75) is 18.9 Å². The number of primary amides is 1. The number of benzene rings is 1. The summed E-state index contributed by atoms with van der Waals surface area (Å²) in [5.74, 6) is 0.0406. The molecule has 1 fully saturated rings. The van der Waals surface area contributed by atoms with Gasteiger partial charge in [0.25, 0.3) is 5.91 Å². The third-order valence-corrected chi connectivity index (χ3v) is 3.53. The molecular weight excluding hydrogens is 254 g/mol. The van der Waals surface area contributed by atoms with E-state index in [9.17, 15) is 4.79 Å². The van der Waals surface area contributed by atoms with Gasteiger partial charge in [-0.1, -0.05) is 12.1 Å². The third-order valence-electron chi connectivity index (χ3n) is 3.53. The molecule has 1 saturated heterocycles. The van der Waals surface area contributed by atoms with E-state index < -0.39 is 5.91 Å². The van der Waals surface area contributed by atoms with Crippen LogP contribution in [0.25, 0.3) is 10.9 Å². The number of amides is 1. The zero-order chi connectivity index (χ0) is 13.9. The summed E-state index contributed by atoms with van der Waals surface area (Å²) in [6.07, 6.45) is 3.60. The molecule has 3 N–H and O–H groups in total. The fourth-order valence-electron chi connectivity index (χ4n) is 2.51. The lowest BCUT2D eigenvalue weighted by molar-refractivity contribution is 0.0990. The molecule has 1 aliphatic rings. The van der Waals surface area contributed by atoms with Gasteiger partial charge in [-0.15, -0.1) is 0 Å². The summed E-state index contributed by atoms with van der Waals surface area (Å²) < 4.78 is 6.06. The number of piperidine rings is 1. The highest BCUT2D eigenvalue weighted by atomic mass is 16.5. The predicted octanol–water partition coefficient (Wildman–Crippen LogP) is 1.46. The number of aromatic nitrogens is 1. The lowest BCUT2D eigenvalue weighted by Gasteiger charge is -2.25. The highest BCUT2D eigenvalue weighted by Gasteiger charge is 2.20. The molecule has 2 aromatic rings. The number of rotatable bonds is 3. The molecule has 2 heterocycles. The van der Waals surface area contributed by atoms with E-state index in [1.54, 1.807) is 0 Å². The molecule has 0 radical (unpaired) electrons. The Morgan fingerprint density at radius 1 is 1.40 bits per heavy atom. The first kappa shape index (κ1) is 12.9. The molecule has 1 aromatic heterocycles. The van der Waals surface area contributed by atoms with Gasteiger partial charge < -0.3 is 15.8 Å². The average molecular weight is 271 g/mol. The zero-order valence-corrected chi connectivity index (χ0v) is 11.1. The number of fused-ring (bicyclic) bond motifs is 1. The Labute approximate surface area is 117 Å². The molecule has 3 rings (SSSR count). The second-order valence-electron chi connectivity index (χ2n) is 4.97. The molecule has 1 aromatic carbocycles. The third kappa shape index (κ3) is 2.44. The maximum atomic E-state index is 11.6. The van der Waals surface area contributed by atoms with Gasteiger partial charge in [0.15, 0.2) is 0 Å². The lowest BCUT2D eigenvalue weighted by atomic mass is 10.1. The normalized spacial score (nSPS) is 18.9. The van der Waals surface area contributed by atoms with Crippen LogP contribution in [0.1, 0.15) is 23.2 Å².